The Hall–Kier alpha value is -4.95. The van der Waals surface area contributed by atoms with Crippen molar-refractivity contribution in [2.24, 2.45) is 0 Å². The number of hydrogen-bond donors (Lipinski definition) is 2. The first-order valence-corrected chi connectivity index (χ1v) is 15.5. The molecular formula is C38H42N2O6. The number of carboxylic acids is 1. The molecule has 0 aliphatic carbocycles. The van der Waals surface area contributed by atoms with Gasteiger partial charge in [-0.3, -0.25) is 14.5 Å². The minimum absolute atomic E-state index is 0.0567. The van der Waals surface area contributed by atoms with Crippen LogP contribution < -0.4 is 5.32 Å². The number of carbonyl (C=O) groups is 3. The smallest absolute Gasteiger partial charge is 0.407 e. The van der Waals surface area contributed by atoms with Gasteiger partial charge in [0.25, 0.3) is 0 Å². The van der Waals surface area contributed by atoms with Crippen LogP contribution in [0.2, 0.25) is 0 Å². The summed E-state index contributed by atoms with van der Waals surface area (Å²) in [6, 6.07) is 35.7. The highest BCUT2D eigenvalue weighted by molar-refractivity contribution is 5.72. The molecule has 46 heavy (non-hydrogen) atoms. The lowest BCUT2D eigenvalue weighted by Crippen LogP contribution is -2.33. The summed E-state index contributed by atoms with van der Waals surface area (Å²) >= 11 is 0. The topological polar surface area (TPSA) is 105 Å². The zero-order valence-electron chi connectivity index (χ0n) is 26.5. The Kier molecular flexibility index (Phi) is 12.5. The highest BCUT2D eigenvalue weighted by atomic mass is 16.5. The van der Waals surface area contributed by atoms with Gasteiger partial charge in [-0.15, -0.1) is 0 Å². The standard InChI is InChI=1S/C38H42N2O6/c1-27(2)46-37(43)24-35(40(25-29-13-7-4-8-14-29)28(3)31-17-11-6-12-18-31)33-21-19-32(20-22-33)34(23-36(41)42)39-38(44)45-26-30-15-9-5-10-16-30/h4-22,27-28,34-35H,23-26H2,1-3H3,(H,39,44)(H,41,42)/t28-,34+,35+/m1/s1. The highest BCUT2D eigenvalue weighted by Crippen LogP contribution is 2.35. The van der Waals surface area contributed by atoms with Crippen molar-refractivity contribution in [3.8, 4) is 0 Å². The number of nitrogens with one attached hydrogen (secondary N) is 1. The van der Waals surface area contributed by atoms with Gasteiger partial charge in [-0.2, -0.15) is 0 Å². The molecule has 0 unspecified atom stereocenters. The maximum atomic E-state index is 13.2. The third-order valence-corrected chi connectivity index (χ3v) is 7.72. The van der Waals surface area contributed by atoms with Crippen LogP contribution in [0.4, 0.5) is 4.79 Å². The number of hydrogen-bond acceptors (Lipinski definition) is 6. The minimum Gasteiger partial charge on any atom is -0.481 e. The summed E-state index contributed by atoms with van der Waals surface area (Å²) in [7, 11) is 0. The summed E-state index contributed by atoms with van der Waals surface area (Å²) in [5, 5.41) is 12.3. The number of amides is 1. The predicted octanol–water partition coefficient (Wildman–Crippen LogP) is 7.78. The zero-order chi connectivity index (χ0) is 32.9. The van der Waals surface area contributed by atoms with Crippen LogP contribution in [0.15, 0.2) is 115 Å². The Morgan fingerprint density at radius 2 is 1.24 bits per heavy atom. The van der Waals surface area contributed by atoms with Gasteiger partial charge in [0, 0.05) is 18.6 Å². The van der Waals surface area contributed by atoms with Gasteiger partial charge in [-0.1, -0.05) is 115 Å². The van der Waals surface area contributed by atoms with Crippen molar-refractivity contribution in [2.45, 2.75) is 71.0 Å². The van der Waals surface area contributed by atoms with Crippen LogP contribution in [0.1, 0.15) is 79.6 Å². The molecule has 8 nitrogen and oxygen atoms in total. The molecule has 0 aliphatic rings. The molecule has 4 aromatic carbocycles. The van der Waals surface area contributed by atoms with Gasteiger partial charge >= 0.3 is 18.0 Å². The number of benzene rings is 4. The molecule has 8 heteroatoms. The fraction of sp³-hybridized carbons (Fsp3) is 0.289. The van der Waals surface area contributed by atoms with Gasteiger partial charge in [0.05, 0.1) is 25.0 Å². The molecule has 0 fully saturated rings. The Bertz CT molecular complexity index is 1530. The Labute approximate surface area is 271 Å². The second kappa shape index (κ2) is 16.9. The van der Waals surface area contributed by atoms with Crippen molar-refractivity contribution < 1.29 is 29.0 Å². The first-order chi connectivity index (χ1) is 22.2. The van der Waals surface area contributed by atoms with Crippen LogP contribution in [-0.2, 0) is 32.2 Å². The van der Waals surface area contributed by atoms with E-state index < -0.39 is 18.1 Å². The maximum Gasteiger partial charge on any atom is 0.407 e. The summed E-state index contributed by atoms with van der Waals surface area (Å²) in [4.78, 5) is 39.9. The third-order valence-electron chi connectivity index (χ3n) is 7.72. The molecule has 4 rings (SSSR count). The summed E-state index contributed by atoms with van der Waals surface area (Å²) in [6.07, 6.45) is -1.17. The van der Waals surface area contributed by atoms with Crippen molar-refractivity contribution in [3.05, 3.63) is 143 Å². The molecule has 0 saturated heterocycles. The van der Waals surface area contributed by atoms with E-state index in [2.05, 4.69) is 41.4 Å². The van der Waals surface area contributed by atoms with E-state index in [1.54, 1.807) is 12.1 Å². The van der Waals surface area contributed by atoms with Crippen LogP contribution in [0.25, 0.3) is 0 Å². The van der Waals surface area contributed by atoms with E-state index in [0.717, 1.165) is 22.3 Å². The molecule has 0 radical (unpaired) electrons. The summed E-state index contributed by atoms with van der Waals surface area (Å²) in [5.41, 5.74) is 4.51. The van der Waals surface area contributed by atoms with Gasteiger partial charge in [0.2, 0.25) is 0 Å². The zero-order valence-corrected chi connectivity index (χ0v) is 26.5. The number of esters is 1. The van der Waals surface area contributed by atoms with Crippen molar-refractivity contribution >= 4 is 18.0 Å². The van der Waals surface area contributed by atoms with E-state index in [9.17, 15) is 19.5 Å². The fourth-order valence-electron chi connectivity index (χ4n) is 5.41. The van der Waals surface area contributed by atoms with E-state index in [1.165, 1.54) is 0 Å². The lowest BCUT2D eigenvalue weighted by molar-refractivity contribution is -0.149. The summed E-state index contributed by atoms with van der Waals surface area (Å²) in [6.45, 7) is 6.43. The largest absolute Gasteiger partial charge is 0.481 e. The average Bonchev–Trinajstić information content (AvgIpc) is 3.06. The Morgan fingerprint density at radius 1 is 0.696 bits per heavy atom. The van der Waals surface area contributed by atoms with Crippen molar-refractivity contribution in [1.29, 1.82) is 0 Å². The molecule has 0 bridgehead atoms. The van der Waals surface area contributed by atoms with Crippen LogP contribution in [-0.4, -0.2) is 34.1 Å². The van der Waals surface area contributed by atoms with E-state index in [1.807, 2.05) is 92.7 Å². The second-order valence-electron chi connectivity index (χ2n) is 11.5. The predicted molar refractivity (Wildman–Crippen MR) is 177 cm³/mol. The first kappa shape index (κ1) is 33.9. The second-order valence-corrected chi connectivity index (χ2v) is 11.5. The van der Waals surface area contributed by atoms with Crippen LogP contribution in [0, 0.1) is 0 Å². The third kappa shape index (κ3) is 10.3. The monoisotopic (exact) mass is 622 g/mol. The minimum atomic E-state index is -1.06. The molecule has 0 aliphatic heterocycles. The highest BCUT2D eigenvalue weighted by Gasteiger charge is 2.30. The summed E-state index contributed by atoms with van der Waals surface area (Å²) in [5.74, 6) is -1.37. The van der Waals surface area contributed by atoms with E-state index >= 15 is 0 Å². The van der Waals surface area contributed by atoms with Crippen molar-refractivity contribution in [2.75, 3.05) is 0 Å². The molecule has 0 heterocycles. The molecule has 240 valence electrons. The quantitative estimate of drug-likeness (QED) is 0.131. The number of nitrogens with zero attached hydrogens (tertiary/aromatic N) is 1. The normalized spacial score (nSPS) is 13.1. The van der Waals surface area contributed by atoms with Crippen LogP contribution in [0.5, 0.6) is 0 Å². The van der Waals surface area contributed by atoms with Crippen molar-refractivity contribution in [1.82, 2.24) is 10.2 Å². The number of alkyl carbamates (subject to hydrolysis) is 1. The van der Waals surface area contributed by atoms with E-state index in [0.29, 0.717) is 12.1 Å². The molecule has 0 spiro atoms. The molecule has 0 aromatic heterocycles. The molecule has 3 atom stereocenters. The van der Waals surface area contributed by atoms with Gasteiger partial charge in [-0.05, 0) is 48.6 Å². The number of rotatable bonds is 15. The molecule has 0 saturated carbocycles. The number of carbonyl (C=O) groups excluding carboxylic acids is 2. The first-order valence-electron chi connectivity index (χ1n) is 15.5. The molecule has 2 N–H and O–H groups in total. The van der Waals surface area contributed by atoms with Gasteiger partial charge < -0.3 is 19.9 Å². The Balaban J connectivity index is 1.63. The van der Waals surface area contributed by atoms with Gasteiger partial charge in [0.15, 0.2) is 0 Å². The molecule has 4 aromatic rings. The number of ether oxygens (including phenoxy) is 2. The Morgan fingerprint density at radius 3 is 1.80 bits per heavy atom. The van der Waals surface area contributed by atoms with E-state index in [4.69, 9.17) is 9.47 Å². The average molecular weight is 623 g/mol. The van der Waals surface area contributed by atoms with Gasteiger partial charge in [0.1, 0.15) is 6.61 Å². The van der Waals surface area contributed by atoms with Crippen LogP contribution in [0.3, 0.4) is 0 Å². The lowest BCUT2D eigenvalue weighted by atomic mass is 9.94. The SMILES string of the molecule is CC(C)OC(=O)C[C@@H](c1ccc([C@H](CC(=O)O)NC(=O)OCc2ccccc2)cc1)N(Cc1ccccc1)[C@H](C)c1ccccc1. The lowest BCUT2D eigenvalue weighted by Gasteiger charge is -2.37. The number of carboxylic acid groups (broad SMARTS) is 1. The summed E-state index contributed by atoms with van der Waals surface area (Å²) < 4.78 is 11.0. The van der Waals surface area contributed by atoms with E-state index in [-0.39, 0.29) is 43.6 Å². The van der Waals surface area contributed by atoms with Crippen LogP contribution >= 0.6 is 0 Å². The number of aliphatic carboxylic acids is 1. The molecular weight excluding hydrogens is 580 g/mol. The maximum absolute atomic E-state index is 13.2. The van der Waals surface area contributed by atoms with Gasteiger partial charge in [-0.25, -0.2) is 4.79 Å². The fourth-order valence-corrected chi connectivity index (χ4v) is 5.41. The van der Waals surface area contributed by atoms with Crippen molar-refractivity contribution in [3.63, 3.8) is 0 Å². The molecule has 1 amide bonds.